The number of ether oxygens (including phenoxy) is 1. The minimum Gasteiger partial charge on any atom is -0.490 e. The highest BCUT2D eigenvalue weighted by atomic mass is 127. The molecule has 6 heteroatoms. The fourth-order valence-electron chi connectivity index (χ4n) is 3.06. The predicted molar refractivity (Wildman–Crippen MR) is 113 cm³/mol. The second kappa shape index (κ2) is 9.70. The SMILES string of the molecule is CN=C(NCc1ccn(C)c1)N1CCC(Oc2ccccc2)CC1.I. The average Bonchev–Trinajstić information content (AvgIpc) is 3.03. The Hall–Kier alpha value is -1.70. The molecule has 0 aliphatic carbocycles. The molecule has 0 bridgehead atoms. The number of hydrogen-bond acceptors (Lipinski definition) is 2. The normalized spacial score (nSPS) is 15.6. The first-order valence-corrected chi connectivity index (χ1v) is 8.53. The first kappa shape index (κ1) is 19.6. The Balaban J connectivity index is 0.00000225. The number of para-hydroxylation sites is 1. The summed E-state index contributed by atoms with van der Waals surface area (Å²) in [5.41, 5.74) is 1.26. The van der Waals surface area contributed by atoms with E-state index in [-0.39, 0.29) is 30.1 Å². The molecule has 0 amide bonds. The number of guanidine groups is 1. The van der Waals surface area contributed by atoms with Crippen LogP contribution in [0.1, 0.15) is 18.4 Å². The van der Waals surface area contributed by atoms with Crippen molar-refractivity contribution in [2.75, 3.05) is 20.1 Å². The smallest absolute Gasteiger partial charge is 0.193 e. The molecular weight excluding hydrogens is 427 g/mol. The summed E-state index contributed by atoms with van der Waals surface area (Å²) in [5.74, 6) is 1.93. The van der Waals surface area contributed by atoms with E-state index in [1.807, 2.05) is 44.4 Å². The van der Waals surface area contributed by atoms with Gasteiger partial charge in [-0.05, 0) is 23.8 Å². The lowest BCUT2D eigenvalue weighted by Crippen LogP contribution is -2.47. The van der Waals surface area contributed by atoms with Crippen molar-refractivity contribution in [2.45, 2.75) is 25.5 Å². The number of aryl methyl sites for hydroxylation is 1. The first-order chi connectivity index (χ1) is 11.7. The molecule has 2 heterocycles. The highest BCUT2D eigenvalue weighted by Crippen LogP contribution is 2.18. The molecule has 5 nitrogen and oxygen atoms in total. The number of likely N-dealkylation sites (tertiary alicyclic amines) is 1. The van der Waals surface area contributed by atoms with Crippen molar-refractivity contribution in [2.24, 2.45) is 12.0 Å². The van der Waals surface area contributed by atoms with Crippen LogP contribution in [0.5, 0.6) is 5.75 Å². The molecule has 1 fully saturated rings. The molecule has 0 saturated carbocycles. The van der Waals surface area contributed by atoms with E-state index in [9.17, 15) is 0 Å². The second-order valence-corrected chi connectivity index (χ2v) is 6.20. The van der Waals surface area contributed by atoms with Gasteiger partial charge in [0.15, 0.2) is 5.96 Å². The minimum atomic E-state index is 0. The molecule has 1 N–H and O–H groups in total. The maximum absolute atomic E-state index is 6.06. The summed E-state index contributed by atoms with van der Waals surface area (Å²) in [5, 5.41) is 3.46. The van der Waals surface area contributed by atoms with Crippen LogP contribution >= 0.6 is 24.0 Å². The van der Waals surface area contributed by atoms with Crippen LogP contribution in [-0.4, -0.2) is 41.7 Å². The second-order valence-electron chi connectivity index (χ2n) is 6.20. The number of aromatic nitrogens is 1. The third-order valence-corrected chi connectivity index (χ3v) is 4.34. The summed E-state index contributed by atoms with van der Waals surface area (Å²) in [4.78, 5) is 6.74. The zero-order valence-corrected chi connectivity index (χ0v) is 17.2. The molecule has 0 radical (unpaired) electrons. The highest BCUT2D eigenvalue weighted by molar-refractivity contribution is 14.0. The van der Waals surface area contributed by atoms with Crippen molar-refractivity contribution in [1.29, 1.82) is 0 Å². The van der Waals surface area contributed by atoms with Gasteiger partial charge >= 0.3 is 0 Å². The van der Waals surface area contributed by atoms with Crippen LogP contribution in [0.25, 0.3) is 0 Å². The van der Waals surface area contributed by atoms with Gasteiger partial charge in [-0.3, -0.25) is 4.99 Å². The summed E-state index contributed by atoms with van der Waals surface area (Å²) in [6.07, 6.45) is 6.50. The lowest BCUT2D eigenvalue weighted by molar-refractivity contribution is 0.129. The number of aliphatic imine (C=N–C) groups is 1. The quantitative estimate of drug-likeness (QED) is 0.438. The van der Waals surface area contributed by atoms with Crippen molar-refractivity contribution in [3.8, 4) is 5.75 Å². The van der Waals surface area contributed by atoms with Gasteiger partial charge in [0.25, 0.3) is 0 Å². The van der Waals surface area contributed by atoms with Gasteiger partial charge in [0.1, 0.15) is 11.9 Å². The third-order valence-electron chi connectivity index (χ3n) is 4.34. The van der Waals surface area contributed by atoms with E-state index in [1.165, 1.54) is 5.56 Å². The maximum atomic E-state index is 6.06. The fourth-order valence-corrected chi connectivity index (χ4v) is 3.06. The first-order valence-electron chi connectivity index (χ1n) is 8.53. The summed E-state index contributed by atoms with van der Waals surface area (Å²) < 4.78 is 8.12. The Morgan fingerprint density at radius 2 is 1.92 bits per heavy atom. The number of nitrogens with zero attached hydrogens (tertiary/aromatic N) is 3. The van der Waals surface area contributed by atoms with Crippen LogP contribution in [0.4, 0.5) is 0 Å². The van der Waals surface area contributed by atoms with Gasteiger partial charge in [0, 0.05) is 59.0 Å². The van der Waals surface area contributed by atoms with E-state index >= 15 is 0 Å². The Morgan fingerprint density at radius 3 is 2.52 bits per heavy atom. The highest BCUT2D eigenvalue weighted by Gasteiger charge is 2.22. The number of rotatable bonds is 4. The summed E-state index contributed by atoms with van der Waals surface area (Å²) >= 11 is 0. The van der Waals surface area contributed by atoms with Crippen molar-refractivity contribution in [1.82, 2.24) is 14.8 Å². The molecule has 0 spiro atoms. The summed E-state index contributed by atoms with van der Waals surface area (Å²) in [7, 11) is 3.88. The van der Waals surface area contributed by atoms with Crippen molar-refractivity contribution in [3.05, 3.63) is 54.4 Å². The van der Waals surface area contributed by atoms with Crippen LogP contribution in [0, 0.1) is 0 Å². The van der Waals surface area contributed by atoms with Gasteiger partial charge in [-0.15, -0.1) is 24.0 Å². The summed E-state index contributed by atoms with van der Waals surface area (Å²) in [6, 6.07) is 12.2. The molecule has 3 rings (SSSR count). The monoisotopic (exact) mass is 454 g/mol. The Bertz CT molecular complexity index is 663. The lowest BCUT2D eigenvalue weighted by Gasteiger charge is -2.34. The van der Waals surface area contributed by atoms with Crippen molar-refractivity contribution in [3.63, 3.8) is 0 Å². The number of piperidine rings is 1. The standard InChI is InChI=1S/C19H26N4O.HI/c1-20-19(21-14-16-8-11-22(2)15-16)23-12-9-18(10-13-23)24-17-6-4-3-5-7-17;/h3-8,11,15,18H,9-10,12-14H2,1-2H3,(H,20,21);1H. The number of nitrogens with one attached hydrogen (secondary N) is 1. The van der Waals surface area contributed by atoms with Crippen LogP contribution < -0.4 is 10.1 Å². The number of benzene rings is 1. The van der Waals surface area contributed by atoms with Gasteiger partial charge < -0.3 is 19.5 Å². The van der Waals surface area contributed by atoms with Crippen LogP contribution in [-0.2, 0) is 13.6 Å². The predicted octanol–water partition coefficient (Wildman–Crippen LogP) is 3.26. The molecule has 1 aromatic carbocycles. The lowest BCUT2D eigenvalue weighted by atomic mass is 10.1. The van der Waals surface area contributed by atoms with Crippen molar-refractivity contribution >= 4 is 29.9 Å². The van der Waals surface area contributed by atoms with Gasteiger partial charge in [0.2, 0.25) is 0 Å². The minimum absolute atomic E-state index is 0. The molecule has 1 aromatic heterocycles. The topological polar surface area (TPSA) is 41.8 Å². The Morgan fingerprint density at radius 1 is 1.20 bits per heavy atom. The third kappa shape index (κ3) is 5.66. The average molecular weight is 454 g/mol. The van der Waals surface area contributed by atoms with Crippen LogP contribution in [0.15, 0.2) is 53.8 Å². The molecular formula is C19H27IN4O. The van der Waals surface area contributed by atoms with E-state index in [0.717, 1.165) is 44.2 Å². The molecule has 1 aliphatic rings. The van der Waals surface area contributed by atoms with E-state index in [0.29, 0.717) is 0 Å². The maximum Gasteiger partial charge on any atom is 0.193 e. The molecule has 0 unspecified atom stereocenters. The molecule has 2 aromatic rings. The van der Waals surface area contributed by atoms with Gasteiger partial charge in [0.05, 0.1) is 0 Å². The van der Waals surface area contributed by atoms with E-state index in [1.54, 1.807) is 0 Å². The molecule has 1 saturated heterocycles. The zero-order valence-electron chi connectivity index (χ0n) is 14.9. The van der Waals surface area contributed by atoms with Gasteiger partial charge in [-0.2, -0.15) is 0 Å². The fraction of sp³-hybridized carbons (Fsp3) is 0.421. The Kier molecular flexibility index (Phi) is 7.61. The molecule has 136 valence electrons. The molecule has 25 heavy (non-hydrogen) atoms. The molecule has 1 aliphatic heterocycles. The summed E-state index contributed by atoms with van der Waals surface area (Å²) in [6.45, 7) is 2.73. The van der Waals surface area contributed by atoms with E-state index in [4.69, 9.17) is 4.74 Å². The zero-order chi connectivity index (χ0) is 16.8. The van der Waals surface area contributed by atoms with Gasteiger partial charge in [-0.1, -0.05) is 18.2 Å². The molecule has 0 atom stereocenters. The Labute approximate surface area is 167 Å². The van der Waals surface area contributed by atoms with Gasteiger partial charge in [-0.25, -0.2) is 0 Å². The number of halogens is 1. The van der Waals surface area contributed by atoms with Crippen LogP contribution in [0.3, 0.4) is 0 Å². The largest absolute Gasteiger partial charge is 0.490 e. The van der Waals surface area contributed by atoms with Crippen LogP contribution in [0.2, 0.25) is 0 Å². The van der Waals surface area contributed by atoms with E-state index in [2.05, 4.69) is 38.2 Å². The van der Waals surface area contributed by atoms with Crippen molar-refractivity contribution < 1.29 is 4.74 Å². The number of hydrogen-bond donors (Lipinski definition) is 1. The van der Waals surface area contributed by atoms with E-state index < -0.39 is 0 Å².